The lowest BCUT2D eigenvalue weighted by Crippen LogP contribution is -2.08. The highest BCUT2D eigenvalue weighted by molar-refractivity contribution is 6.33. The van der Waals surface area contributed by atoms with Crippen molar-refractivity contribution in [3.8, 4) is 5.75 Å². The number of halogens is 1. The number of ether oxygens (including phenoxy) is 3. The fraction of sp³-hybridized carbons (Fsp3) is 0.500. The Morgan fingerprint density at radius 3 is 2.71 bits per heavy atom. The van der Waals surface area contributed by atoms with Crippen LogP contribution in [0.4, 0.5) is 5.69 Å². The number of hydrogen-bond acceptors (Lipinski definition) is 4. The lowest BCUT2D eigenvalue weighted by Gasteiger charge is -2.08. The Labute approximate surface area is 107 Å². The highest BCUT2D eigenvalue weighted by atomic mass is 35.5. The summed E-state index contributed by atoms with van der Waals surface area (Å²) in [6.07, 6.45) is 0.893. The summed E-state index contributed by atoms with van der Waals surface area (Å²) in [5, 5.41) is 0.503. The van der Waals surface area contributed by atoms with Crippen molar-refractivity contribution in [3.63, 3.8) is 0 Å². The van der Waals surface area contributed by atoms with Crippen molar-refractivity contribution in [3.05, 3.63) is 23.2 Å². The van der Waals surface area contributed by atoms with E-state index in [1.54, 1.807) is 25.3 Å². The van der Waals surface area contributed by atoms with E-state index in [2.05, 4.69) is 0 Å². The van der Waals surface area contributed by atoms with Crippen molar-refractivity contribution in [1.82, 2.24) is 0 Å². The summed E-state index contributed by atoms with van der Waals surface area (Å²) in [7, 11) is 1.67. The van der Waals surface area contributed by atoms with Gasteiger partial charge in [-0.15, -0.1) is 0 Å². The molecule has 0 aliphatic carbocycles. The van der Waals surface area contributed by atoms with Gasteiger partial charge in [0.1, 0.15) is 12.4 Å². The van der Waals surface area contributed by atoms with Gasteiger partial charge in [0.15, 0.2) is 0 Å². The smallest absolute Gasteiger partial charge is 0.121 e. The van der Waals surface area contributed by atoms with Crippen molar-refractivity contribution < 1.29 is 14.2 Å². The van der Waals surface area contributed by atoms with E-state index in [1.807, 2.05) is 0 Å². The standard InChI is InChI=1S/C12H18ClNO3/c1-15-5-2-6-16-7-8-17-10-3-4-12(14)11(13)9-10/h3-4,9H,2,5-8,14H2,1H3. The second-order valence-corrected chi connectivity index (χ2v) is 3.90. The van der Waals surface area contributed by atoms with E-state index in [9.17, 15) is 0 Å². The minimum Gasteiger partial charge on any atom is -0.491 e. The molecule has 0 atom stereocenters. The number of nitrogens with two attached hydrogens (primary N) is 1. The zero-order valence-electron chi connectivity index (χ0n) is 9.95. The third kappa shape index (κ3) is 5.77. The van der Waals surface area contributed by atoms with E-state index in [1.165, 1.54) is 0 Å². The second kappa shape index (κ2) is 8.17. The van der Waals surface area contributed by atoms with Crippen LogP contribution in [0, 0.1) is 0 Å². The Bertz CT molecular complexity index is 334. The Morgan fingerprint density at radius 1 is 1.18 bits per heavy atom. The van der Waals surface area contributed by atoms with E-state index < -0.39 is 0 Å². The van der Waals surface area contributed by atoms with Gasteiger partial charge >= 0.3 is 0 Å². The lowest BCUT2D eigenvalue weighted by molar-refractivity contribution is 0.0806. The van der Waals surface area contributed by atoms with Crippen molar-refractivity contribution >= 4 is 17.3 Å². The topological polar surface area (TPSA) is 53.7 Å². The highest BCUT2D eigenvalue weighted by Gasteiger charge is 1.99. The molecule has 0 aromatic heterocycles. The molecule has 2 N–H and O–H groups in total. The van der Waals surface area contributed by atoms with Crippen LogP contribution in [0.15, 0.2) is 18.2 Å². The number of hydrogen-bond donors (Lipinski definition) is 1. The molecule has 0 radical (unpaired) electrons. The summed E-state index contributed by atoms with van der Waals surface area (Å²) in [4.78, 5) is 0. The van der Waals surface area contributed by atoms with Gasteiger partial charge in [-0.25, -0.2) is 0 Å². The molecule has 0 unspecified atom stereocenters. The van der Waals surface area contributed by atoms with Crippen molar-refractivity contribution in [2.75, 3.05) is 39.3 Å². The zero-order valence-corrected chi connectivity index (χ0v) is 10.7. The number of rotatable bonds is 8. The third-order valence-electron chi connectivity index (χ3n) is 2.11. The van der Waals surface area contributed by atoms with Gasteiger partial charge in [-0.2, -0.15) is 0 Å². The molecular formula is C12H18ClNO3. The van der Waals surface area contributed by atoms with Gasteiger partial charge in [0.05, 0.1) is 17.3 Å². The summed E-state index contributed by atoms with van der Waals surface area (Å²) in [5.41, 5.74) is 6.14. The molecule has 0 aliphatic rings. The molecule has 5 heteroatoms. The normalized spacial score (nSPS) is 10.5. The predicted octanol–water partition coefficient (Wildman–Crippen LogP) is 2.35. The van der Waals surface area contributed by atoms with E-state index in [4.69, 9.17) is 31.5 Å². The summed E-state index contributed by atoms with van der Waals surface area (Å²) >= 11 is 5.86. The first kappa shape index (κ1) is 14.1. The van der Waals surface area contributed by atoms with Gasteiger partial charge in [0.25, 0.3) is 0 Å². The van der Waals surface area contributed by atoms with Crippen LogP contribution in [0.25, 0.3) is 0 Å². The van der Waals surface area contributed by atoms with Gasteiger partial charge in [-0.05, 0) is 18.6 Å². The largest absolute Gasteiger partial charge is 0.491 e. The molecule has 96 valence electrons. The molecule has 0 amide bonds. The molecule has 1 aromatic rings. The first-order valence-electron chi connectivity index (χ1n) is 5.48. The molecule has 1 aromatic carbocycles. The maximum atomic E-state index is 5.86. The first-order valence-corrected chi connectivity index (χ1v) is 5.86. The number of methoxy groups -OCH3 is 1. The van der Waals surface area contributed by atoms with Gasteiger partial charge in [-0.3, -0.25) is 0 Å². The molecular weight excluding hydrogens is 242 g/mol. The van der Waals surface area contributed by atoms with Crippen LogP contribution in [-0.4, -0.2) is 33.5 Å². The third-order valence-corrected chi connectivity index (χ3v) is 2.43. The number of nitrogen functional groups attached to an aromatic ring is 1. The number of benzene rings is 1. The summed E-state index contributed by atoms with van der Waals surface area (Å²) in [6, 6.07) is 5.20. The maximum absolute atomic E-state index is 5.86. The Hall–Kier alpha value is -0.970. The summed E-state index contributed by atoms with van der Waals surface area (Å²) in [6.45, 7) is 2.44. The summed E-state index contributed by atoms with van der Waals surface area (Å²) < 4.78 is 15.7. The van der Waals surface area contributed by atoms with Crippen molar-refractivity contribution in [2.24, 2.45) is 0 Å². The minimum absolute atomic E-state index is 0.493. The molecule has 17 heavy (non-hydrogen) atoms. The van der Waals surface area contributed by atoms with E-state index in [0.29, 0.717) is 42.9 Å². The SMILES string of the molecule is COCCCOCCOc1ccc(N)c(Cl)c1. The van der Waals surface area contributed by atoms with E-state index in [0.717, 1.165) is 6.42 Å². The quantitative estimate of drug-likeness (QED) is 0.575. The first-order chi connectivity index (χ1) is 8.24. The van der Waals surface area contributed by atoms with Crippen LogP contribution in [-0.2, 0) is 9.47 Å². The molecule has 0 saturated carbocycles. The van der Waals surface area contributed by atoms with E-state index in [-0.39, 0.29) is 0 Å². The van der Waals surface area contributed by atoms with Crippen LogP contribution >= 0.6 is 11.6 Å². The number of anilines is 1. The van der Waals surface area contributed by atoms with Crippen LogP contribution < -0.4 is 10.5 Å². The molecule has 1 rings (SSSR count). The molecule has 0 saturated heterocycles. The molecule has 0 fully saturated rings. The zero-order chi connectivity index (χ0) is 12.5. The van der Waals surface area contributed by atoms with Gasteiger partial charge in [0.2, 0.25) is 0 Å². The average molecular weight is 260 g/mol. The molecule has 0 spiro atoms. The fourth-order valence-corrected chi connectivity index (χ4v) is 1.39. The minimum atomic E-state index is 0.493. The van der Waals surface area contributed by atoms with Crippen LogP contribution in [0.2, 0.25) is 5.02 Å². The van der Waals surface area contributed by atoms with Gasteiger partial charge < -0.3 is 19.9 Å². The van der Waals surface area contributed by atoms with Crippen molar-refractivity contribution in [1.29, 1.82) is 0 Å². The Kier molecular flexibility index (Phi) is 6.77. The molecule has 0 aliphatic heterocycles. The monoisotopic (exact) mass is 259 g/mol. The second-order valence-electron chi connectivity index (χ2n) is 3.49. The van der Waals surface area contributed by atoms with Gasteiger partial charge in [0, 0.05) is 26.4 Å². The van der Waals surface area contributed by atoms with Crippen molar-refractivity contribution in [2.45, 2.75) is 6.42 Å². The van der Waals surface area contributed by atoms with E-state index >= 15 is 0 Å². The van der Waals surface area contributed by atoms with Crippen LogP contribution in [0.1, 0.15) is 6.42 Å². The maximum Gasteiger partial charge on any atom is 0.121 e. The van der Waals surface area contributed by atoms with Crippen LogP contribution in [0.5, 0.6) is 5.75 Å². The van der Waals surface area contributed by atoms with Gasteiger partial charge in [-0.1, -0.05) is 11.6 Å². The molecule has 0 heterocycles. The predicted molar refractivity (Wildman–Crippen MR) is 68.7 cm³/mol. The fourth-order valence-electron chi connectivity index (χ4n) is 1.22. The Morgan fingerprint density at radius 2 is 2.00 bits per heavy atom. The van der Waals surface area contributed by atoms with Crippen LogP contribution in [0.3, 0.4) is 0 Å². The molecule has 4 nitrogen and oxygen atoms in total. The average Bonchev–Trinajstić information content (AvgIpc) is 2.32. The molecule has 0 bridgehead atoms. The Balaban J connectivity index is 2.11. The summed E-state index contributed by atoms with van der Waals surface area (Å²) in [5.74, 6) is 0.699. The highest BCUT2D eigenvalue weighted by Crippen LogP contribution is 2.23. The lowest BCUT2D eigenvalue weighted by atomic mass is 10.3.